The van der Waals surface area contributed by atoms with Crippen LogP contribution >= 0.6 is 0 Å². The summed E-state index contributed by atoms with van der Waals surface area (Å²) in [5.74, 6) is 0.272. The minimum absolute atomic E-state index is 0.0502. The number of amides is 1. The second-order valence-electron chi connectivity index (χ2n) is 5.56. The standard InChI is InChI=1S/C14H29N3O/c1-4-8-17(14(3,5-2)12-15)11-13(18)16-9-6-7-10-16/h4-12,15H2,1-3H3. The van der Waals surface area contributed by atoms with Crippen molar-refractivity contribution >= 4 is 5.91 Å². The minimum Gasteiger partial charge on any atom is -0.342 e. The van der Waals surface area contributed by atoms with Crippen molar-refractivity contribution in [3.8, 4) is 0 Å². The van der Waals surface area contributed by atoms with Crippen LogP contribution in [0.15, 0.2) is 0 Å². The van der Waals surface area contributed by atoms with Crippen molar-refractivity contribution in [3.05, 3.63) is 0 Å². The van der Waals surface area contributed by atoms with Crippen LogP contribution in [0.5, 0.6) is 0 Å². The van der Waals surface area contributed by atoms with E-state index in [1.807, 2.05) is 4.90 Å². The maximum Gasteiger partial charge on any atom is 0.236 e. The minimum atomic E-state index is -0.0502. The van der Waals surface area contributed by atoms with Gasteiger partial charge in [0.25, 0.3) is 0 Å². The molecular weight excluding hydrogens is 226 g/mol. The third kappa shape index (κ3) is 3.69. The van der Waals surface area contributed by atoms with E-state index in [1.54, 1.807) is 0 Å². The Balaban J connectivity index is 2.63. The molecule has 0 saturated carbocycles. The Kier molecular flexibility index (Phi) is 6.09. The smallest absolute Gasteiger partial charge is 0.236 e. The van der Waals surface area contributed by atoms with Gasteiger partial charge in [0.1, 0.15) is 0 Å². The largest absolute Gasteiger partial charge is 0.342 e. The number of hydrogen-bond donors (Lipinski definition) is 1. The Labute approximate surface area is 111 Å². The SMILES string of the molecule is CCCN(CC(=O)N1CCCC1)C(C)(CC)CN. The fourth-order valence-corrected chi connectivity index (χ4v) is 2.54. The average molecular weight is 255 g/mol. The van der Waals surface area contributed by atoms with Crippen LogP contribution in [-0.4, -0.2) is 54.0 Å². The summed E-state index contributed by atoms with van der Waals surface area (Å²) < 4.78 is 0. The van der Waals surface area contributed by atoms with Crippen LogP contribution in [-0.2, 0) is 4.79 Å². The van der Waals surface area contributed by atoms with Crippen molar-refractivity contribution in [2.45, 2.75) is 52.0 Å². The number of likely N-dealkylation sites (tertiary alicyclic amines) is 1. The zero-order valence-electron chi connectivity index (χ0n) is 12.2. The van der Waals surface area contributed by atoms with Crippen molar-refractivity contribution in [1.29, 1.82) is 0 Å². The van der Waals surface area contributed by atoms with Gasteiger partial charge in [-0.2, -0.15) is 0 Å². The predicted molar refractivity (Wildman–Crippen MR) is 75.4 cm³/mol. The van der Waals surface area contributed by atoms with Gasteiger partial charge in [0.15, 0.2) is 0 Å². The van der Waals surface area contributed by atoms with Crippen molar-refractivity contribution < 1.29 is 4.79 Å². The molecule has 106 valence electrons. The molecule has 0 aromatic rings. The number of rotatable bonds is 7. The lowest BCUT2D eigenvalue weighted by molar-refractivity contribution is -0.133. The molecule has 1 fully saturated rings. The van der Waals surface area contributed by atoms with Crippen molar-refractivity contribution in [2.24, 2.45) is 5.73 Å². The van der Waals surface area contributed by atoms with Gasteiger partial charge in [0, 0.05) is 25.2 Å². The first kappa shape index (κ1) is 15.4. The third-order valence-electron chi connectivity index (χ3n) is 4.24. The number of nitrogens with two attached hydrogens (primary N) is 1. The van der Waals surface area contributed by atoms with Crippen molar-refractivity contribution in [2.75, 3.05) is 32.7 Å². The number of carbonyl (C=O) groups excluding carboxylic acids is 1. The van der Waals surface area contributed by atoms with Gasteiger partial charge in [0.05, 0.1) is 6.54 Å². The van der Waals surface area contributed by atoms with Crippen LogP contribution in [0, 0.1) is 0 Å². The summed E-state index contributed by atoms with van der Waals surface area (Å²) in [5.41, 5.74) is 5.86. The molecule has 1 rings (SSSR count). The molecular formula is C14H29N3O. The van der Waals surface area contributed by atoms with Crippen LogP contribution in [0.2, 0.25) is 0 Å². The van der Waals surface area contributed by atoms with E-state index in [1.165, 1.54) is 0 Å². The quantitative estimate of drug-likeness (QED) is 0.749. The van der Waals surface area contributed by atoms with Gasteiger partial charge in [-0.05, 0) is 39.2 Å². The Morgan fingerprint density at radius 1 is 1.33 bits per heavy atom. The van der Waals surface area contributed by atoms with E-state index in [-0.39, 0.29) is 11.4 Å². The molecule has 1 aliphatic heterocycles. The first-order valence-corrected chi connectivity index (χ1v) is 7.30. The Bertz CT molecular complexity index is 258. The lowest BCUT2D eigenvalue weighted by atomic mass is 9.96. The van der Waals surface area contributed by atoms with Gasteiger partial charge >= 0.3 is 0 Å². The van der Waals surface area contributed by atoms with E-state index in [4.69, 9.17) is 5.73 Å². The Morgan fingerprint density at radius 2 is 1.94 bits per heavy atom. The molecule has 0 aromatic carbocycles. The summed E-state index contributed by atoms with van der Waals surface area (Å²) in [5, 5.41) is 0. The van der Waals surface area contributed by atoms with Crippen molar-refractivity contribution in [1.82, 2.24) is 9.80 Å². The molecule has 4 heteroatoms. The molecule has 0 radical (unpaired) electrons. The highest BCUT2D eigenvalue weighted by atomic mass is 16.2. The molecule has 0 aromatic heterocycles. The van der Waals surface area contributed by atoms with Crippen LogP contribution in [0.4, 0.5) is 0 Å². The molecule has 1 saturated heterocycles. The fourth-order valence-electron chi connectivity index (χ4n) is 2.54. The summed E-state index contributed by atoms with van der Waals surface area (Å²) >= 11 is 0. The summed E-state index contributed by atoms with van der Waals surface area (Å²) in [6.45, 7) is 10.4. The fraction of sp³-hybridized carbons (Fsp3) is 0.929. The van der Waals surface area contributed by atoms with Gasteiger partial charge in [-0.1, -0.05) is 13.8 Å². The number of nitrogens with zero attached hydrogens (tertiary/aromatic N) is 2. The highest BCUT2D eigenvalue weighted by Crippen LogP contribution is 2.19. The van der Waals surface area contributed by atoms with E-state index in [0.29, 0.717) is 13.1 Å². The zero-order chi connectivity index (χ0) is 13.6. The van der Waals surface area contributed by atoms with Gasteiger partial charge in [0.2, 0.25) is 5.91 Å². The molecule has 1 amide bonds. The summed E-state index contributed by atoms with van der Waals surface area (Å²) in [7, 11) is 0. The molecule has 1 atom stereocenters. The summed E-state index contributed by atoms with van der Waals surface area (Å²) in [6, 6.07) is 0. The van der Waals surface area contributed by atoms with Crippen LogP contribution in [0.25, 0.3) is 0 Å². The lowest BCUT2D eigenvalue weighted by Gasteiger charge is -2.40. The van der Waals surface area contributed by atoms with Crippen LogP contribution < -0.4 is 5.73 Å². The Morgan fingerprint density at radius 3 is 2.39 bits per heavy atom. The number of hydrogen-bond acceptors (Lipinski definition) is 3. The van der Waals surface area contributed by atoms with E-state index in [0.717, 1.165) is 45.3 Å². The monoisotopic (exact) mass is 255 g/mol. The van der Waals surface area contributed by atoms with Gasteiger partial charge in [-0.15, -0.1) is 0 Å². The van der Waals surface area contributed by atoms with Gasteiger partial charge in [-0.3, -0.25) is 9.69 Å². The Hall–Kier alpha value is -0.610. The van der Waals surface area contributed by atoms with Crippen LogP contribution in [0.3, 0.4) is 0 Å². The molecule has 0 aliphatic carbocycles. The van der Waals surface area contributed by atoms with Gasteiger partial charge in [-0.25, -0.2) is 0 Å². The second-order valence-corrected chi connectivity index (χ2v) is 5.56. The van der Waals surface area contributed by atoms with E-state index in [9.17, 15) is 4.79 Å². The topological polar surface area (TPSA) is 49.6 Å². The molecule has 1 unspecified atom stereocenters. The first-order chi connectivity index (χ1) is 8.57. The predicted octanol–water partition coefficient (Wildman–Crippen LogP) is 1.45. The molecule has 1 aliphatic rings. The number of carbonyl (C=O) groups is 1. The normalized spacial score (nSPS) is 19.3. The summed E-state index contributed by atoms with van der Waals surface area (Å²) in [4.78, 5) is 16.5. The first-order valence-electron chi connectivity index (χ1n) is 7.30. The highest BCUT2D eigenvalue weighted by Gasteiger charge is 2.31. The summed E-state index contributed by atoms with van der Waals surface area (Å²) in [6.07, 6.45) is 4.35. The zero-order valence-corrected chi connectivity index (χ0v) is 12.2. The van der Waals surface area contributed by atoms with E-state index in [2.05, 4.69) is 25.7 Å². The van der Waals surface area contributed by atoms with Crippen LogP contribution in [0.1, 0.15) is 46.5 Å². The molecule has 2 N–H and O–H groups in total. The maximum atomic E-state index is 12.3. The van der Waals surface area contributed by atoms with Gasteiger partial charge < -0.3 is 10.6 Å². The molecule has 0 bridgehead atoms. The van der Waals surface area contributed by atoms with E-state index >= 15 is 0 Å². The lowest BCUT2D eigenvalue weighted by Crippen LogP contribution is -2.54. The van der Waals surface area contributed by atoms with Crippen molar-refractivity contribution in [3.63, 3.8) is 0 Å². The second kappa shape index (κ2) is 7.10. The highest BCUT2D eigenvalue weighted by molar-refractivity contribution is 5.78. The molecule has 0 spiro atoms. The average Bonchev–Trinajstić information content (AvgIpc) is 2.91. The third-order valence-corrected chi connectivity index (χ3v) is 4.24. The molecule has 1 heterocycles. The van der Waals surface area contributed by atoms with E-state index < -0.39 is 0 Å². The molecule has 4 nitrogen and oxygen atoms in total. The maximum absolute atomic E-state index is 12.3. The molecule has 18 heavy (non-hydrogen) atoms.